The van der Waals surface area contributed by atoms with Gasteiger partial charge in [0.1, 0.15) is 6.73 Å². The smallest absolute Gasteiger partial charge is 0.238 e. The Morgan fingerprint density at radius 1 is 1.67 bits per heavy atom. The van der Waals surface area contributed by atoms with E-state index < -0.39 is 0 Å². The van der Waals surface area contributed by atoms with Crippen LogP contribution in [0.1, 0.15) is 26.2 Å². The molecule has 0 aliphatic rings. The predicted octanol–water partition coefficient (Wildman–Crippen LogP) is 0.224. The molecular weight excluding hydrogens is 156 g/mol. The second-order valence-electron chi connectivity index (χ2n) is 2.72. The molecule has 12 heavy (non-hydrogen) atoms. The van der Waals surface area contributed by atoms with Crippen LogP contribution in [0.25, 0.3) is 0 Å². The van der Waals surface area contributed by atoms with E-state index in [9.17, 15) is 4.79 Å². The fourth-order valence-electron chi connectivity index (χ4n) is 0.830. The van der Waals surface area contributed by atoms with Gasteiger partial charge in [-0.1, -0.05) is 19.8 Å². The van der Waals surface area contributed by atoms with Gasteiger partial charge in [0.15, 0.2) is 0 Å². The highest BCUT2D eigenvalue weighted by molar-refractivity contribution is 5.81. The Balaban J connectivity index is 3.47. The van der Waals surface area contributed by atoms with Crippen molar-refractivity contribution in [2.24, 2.45) is 5.73 Å². The number of nitrogens with two attached hydrogens (primary N) is 1. The first kappa shape index (κ1) is 11.4. The minimum Gasteiger partial charge on any atom is -0.364 e. The van der Waals surface area contributed by atoms with Crippen molar-refractivity contribution in [2.45, 2.75) is 32.2 Å². The second-order valence-corrected chi connectivity index (χ2v) is 2.72. The van der Waals surface area contributed by atoms with Gasteiger partial charge in [-0.15, -0.1) is 0 Å². The molecule has 0 rings (SSSR count). The summed E-state index contributed by atoms with van der Waals surface area (Å²) in [5, 5.41) is 2.55. The third kappa shape index (κ3) is 5.09. The van der Waals surface area contributed by atoms with Crippen molar-refractivity contribution >= 4 is 5.91 Å². The fraction of sp³-hybridized carbons (Fsp3) is 0.875. The maximum Gasteiger partial charge on any atom is 0.238 e. The number of rotatable bonds is 6. The summed E-state index contributed by atoms with van der Waals surface area (Å²) in [6, 6.07) is -0.389. The van der Waals surface area contributed by atoms with Crippen LogP contribution in [0.3, 0.4) is 0 Å². The average molecular weight is 174 g/mol. The van der Waals surface area contributed by atoms with Crippen molar-refractivity contribution in [3.05, 3.63) is 0 Å². The van der Waals surface area contributed by atoms with Crippen LogP contribution in [-0.2, 0) is 9.53 Å². The molecule has 0 aromatic carbocycles. The Hall–Kier alpha value is -0.610. The summed E-state index contributed by atoms with van der Waals surface area (Å²) in [4.78, 5) is 11.1. The number of hydrogen-bond donors (Lipinski definition) is 2. The molecule has 0 saturated heterocycles. The van der Waals surface area contributed by atoms with Crippen molar-refractivity contribution in [1.82, 2.24) is 5.32 Å². The van der Waals surface area contributed by atoms with Gasteiger partial charge < -0.3 is 15.8 Å². The number of carbonyl (C=O) groups is 1. The zero-order valence-corrected chi connectivity index (χ0v) is 7.80. The number of amides is 1. The highest BCUT2D eigenvalue weighted by Gasteiger charge is 2.10. The molecule has 0 radical (unpaired) electrons. The number of methoxy groups -OCH3 is 1. The van der Waals surface area contributed by atoms with Crippen LogP contribution in [0.2, 0.25) is 0 Å². The SMILES string of the molecule is CCCC[C@H](N)C(=O)NCOC. The van der Waals surface area contributed by atoms with Crippen LogP contribution in [-0.4, -0.2) is 25.8 Å². The third-order valence-corrected chi connectivity index (χ3v) is 1.60. The molecule has 4 heteroatoms. The van der Waals surface area contributed by atoms with Crippen molar-refractivity contribution in [3.8, 4) is 0 Å². The van der Waals surface area contributed by atoms with Crippen molar-refractivity contribution < 1.29 is 9.53 Å². The highest BCUT2D eigenvalue weighted by Crippen LogP contribution is 1.97. The molecule has 4 nitrogen and oxygen atoms in total. The summed E-state index contributed by atoms with van der Waals surface area (Å²) in [5.41, 5.74) is 5.58. The minimum atomic E-state index is -0.389. The molecule has 0 saturated carbocycles. The van der Waals surface area contributed by atoms with Crippen LogP contribution in [0.15, 0.2) is 0 Å². The lowest BCUT2D eigenvalue weighted by atomic mass is 10.1. The molecule has 3 N–H and O–H groups in total. The Kier molecular flexibility index (Phi) is 6.70. The maximum absolute atomic E-state index is 11.1. The predicted molar refractivity (Wildman–Crippen MR) is 47.5 cm³/mol. The molecule has 0 bridgehead atoms. The van der Waals surface area contributed by atoms with Gasteiger partial charge in [0.05, 0.1) is 6.04 Å². The molecule has 72 valence electrons. The van der Waals surface area contributed by atoms with Crippen LogP contribution >= 0.6 is 0 Å². The van der Waals surface area contributed by atoms with Crippen molar-refractivity contribution in [3.63, 3.8) is 0 Å². The van der Waals surface area contributed by atoms with Crippen LogP contribution < -0.4 is 11.1 Å². The van der Waals surface area contributed by atoms with E-state index in [0.717, 1.165) is 19.3 Å². The fourth-order valence-corrected chi connectivity index (χ4v) is 0.830. The zero-order valence-electron chi connectivity index (χ0n) is 7.80. The number of nitrogens with one attached hydrogen (secondary N) is 1. The molecule has 0 unspecified atom stereocenters. The summed E-state index contributed by atoms with van der Waals surface area (Å²) in [6.07, 6.45) is 2.79. The van der Waals surface area contributed by atoms with E-state index in [1.54, 1.807) is 0 Å². The minimum absolute atomic E-state index is 0.134. The Morgan fingerprint density at radius 2 is 2.33 bits per heavy atom. The maximum atomic E-state index is 11.1. The lowest BCUT2D eigenvalue weighted by Crippen LogP contribution is -2.41. The number of unbranched alkanes of at least 4 members (excludes halogenated alkanes) is 1. The average Bonchev–Trinajstić information content (AvgIpc) is 2.10. The normalized spacial score (nSPS) is 12.6. The lowest BCUT2D eigenvalue weighted by Gasteiger charge is -2.10. The topological polar surface area (TPSA) is 64.4 Å². The first-order valence-corrected chi connectivity index (χ1v) is 4.24. The van der Waals surface area contributed by atoms with E-state index in [-0.39, 0.29) is 18.7 Å². The molecule has 1 amide bonds. The van der Waals surface area contributed by atoms with Gasteiger partial charge in [-0.3, -0.25) is 4.79 Å². The van der Waals surface area contributed by atoms with Gasteiger partial charge in [-0.25, -0.2) is 0 Å². The molecule has 0 aromatic heterocycles. The van der Waals surface area contributed by atoms with Gasteiger partial charge in [0.25, 0.3) is 0 Å². The molecule has 0 aliphatic heterocycles. The van der Waals surface area contributed by atoms with E-state index in [0.29, 0.717) is 0 Å². The van der Waals surface area contributed by atoms with Crippen molar-refractivity contribution in [2.75, 3.05) is 13.8 Å². The van der Waals surface area contributed by atoms with Gasteiger partial charge in [-0.2, -0.15) is 0 Å². The molecule has 1 atom stereocenters. The molecule has 0 spiro atoms. The summed E-state index contributed by atoms with van der Waals surface area (Å²) in [5.74, 6) is -0.134. The molecule has 0 fully saturated rings. The largest absolute Gasteiger partial charge is 0.364 e. The number of hydrogen-bond acceptors (Lipinski definition) is 3. The van der Waals surface area contributed by atoms with E-state index in [2.05, 4.69) is 17.0 Å². The highest BCUT2D eigenvalue weighted by atomic mass is 16.5. The number of ether oxygens (including phenoxy) is 1. The Bertz CT molecular complexity index is 128. The molecule has 0 aromatic rings. The molecule has 0 aliphatic carbocycles. The van der Waals surface area contributed by atoms with Crippen LogP contribution in [0.4, 0.5) is 0 Å². The third-order valence-electron chi connectivity index (χ3n) is 1.60. The first-order valence-electron chi connectivity index (χ1n) is 4.24. The summed E-state index contributed by atoms with van der Waals surface area (Å²) in [7, 11) is 1.53. The number of carbonyl (C=O) groups excluding carboxylic acids is 1. The van der Waals surface area contributed by atoms with Crippen LogP contribution in [0.5, 0.6) is 0 Å². The van der Waals surface area contributed by atoms with Gasteiger partial charge >= 0.3 is 0 Å². The van der Waals surface area contributed by atoms with E-state index in [4.69, 9.17) is 5.73 Å². The Morgan fingerprint density at radius 3 is 2.83 bits per heavy atom. The van der Waals surface area contributed by atoms with E-state index in [1.807, 2.05) is 0 Å². The summed E-state index contributed by atoms with van der Waals surface area (Å²) < 4.78 is 4.68. The zero-order chi connectivity index (χ0) is 9.40. The first-order chi connectivity index (χ1) is 5.72. The standard InChI is InChI=1S/C8H18N2O2/c1-3-4-5-7(9)8(11)10-6-12-2/h7H,3-6,9H2,1-2H3,(H,10,11)/t7-/m0/s1. The van der Waals surface area contributed by atoms with E-state index >= 15 is 0 Å². The van der Waals surface area contributed by atoms with Gasteiger partial charge in [-0.05, 0) is 6.42 Å². The second kappa shape index (κ2) is 7.06. The summed E-state index contributed by atoms with van der Waals surface area (Å²) >= 11 is 0. The van der Waals surface area contributed by atoms with Gasteiger partial charge in [0, 0.05) is 7.11 Å². The van der Waals surface area contributed by atoms with Crippen LogP contribution in [0, 0.1) is 0 Å². The Labute approximate surface area is 73.5 Å². The molecule has 0 heterocycles. The van der Waals surface area contributed by atoms with Crippen molar-refractivity contribution in [1.29, 1.82) is 0 Å². The lowest BCUT2D eigenvalue weighted by molar-refractivity contribution is -0.123. The quantitative estimate of drug-likeness (QED) is 0.566. The summed E-state index contributed by atoms with van der Waals surface area (Å²) in [6.45, 7) is 2.30. The van der Waals surface area contributed by atoms with E-state index in [1.165, 1.54) is 7.11 Å². The van der Waals surface area contributed by atoms with Gasteiger partial charge in [0.2, 0.25) is 5.91 Å². The molecular formula is C8H18N2O2. The monoisotopic (exact) mass is 174 g/mol.